The van der Waals surface area contributed by atoms with E-state index in [-0.39, 0.29) is 12.0 Å². The highest BCUT2D eigenvalue weighted by atomic mass is 16.7. The topological polar surface area (TPSA) is 56.8 Å². The first-order chi connectivity index (χ1) is 8.98. The third kappa shape index (κ3) is 4.44. The van der Waals surface area contributed by atoms with Crippen molar-refractivity contribution in [3.8, 4) is 0 Å². The van der Waals surface area contributed by atoms with Gasteiger partial charge in [-0.25, -0.2) is 0 Å². The molecular weight excluding hydrogens is 246 g/mol. The van der Waals surface area contributed by atoms with Crippen molar-refractivity contribution >= 4 is 5.91 Å². The molecule has 0 aromatic carbocycles. The van der Waals surface area contributed by atoms with Gasteiger partial charge < -0.3 is 19.5 Å². The quantitative estimate of drug-likeness (QED) is 0.794. The first-order valence-corrected chi connectivity index (χ1v) is 7.18. The van der Waals surface area contributed by atoms with E-state index in [1.807, 2.05) is 20.8 Å². The number of ether oxygens (including phenoxy) is 3. The molecule has 1 aliphatic carbocycles. The second kappa shape index (κ2) is 6.20. The molecule has 2 aliphatic rings. The zero-order chi connectivity index (χ0) is 13.9. The summed E-state index contributed by atoms with van der Waals surface area (Å²) in [6.45, 7) is 7.62. The van der Waals surface area contributed by atoms with Crippen molar-refractivity contribution in [1.82, 2.24) is 5.32 Å². The zero-order valence-electron chi connectivity index (χ0n) is 12.1. The lowest BCUT2D eigenvalue weighted by atomic mass is 9.80. The van der Waals surface area contributed by atoms with Crippen LogP contribution in [0.25, 0.3) is 0 Å². The lowest BCUT2D eigenvalue weighted by Gasteiger charge is -2.34. The molecule has 0 spiro atoms. The Balaban J connectivity index is 1.56. The number of hydrogen-bond donors (Lipinski definition) is 1. The van der Waals surface area contributed by atoms with Gasteiger partial charge in [0.2, 0.25) is 5.91 Å². The molecule has 2 fully saturated rings. The van der Waals surface area contributed by atoms with Crippen LogP contribution < -0.4 is 5.32 Å². The molecule has 5 heteroatoms. The molecule has 0 bridgehead atoms. The number of amides is 1. The molecule has 1 atom stereocenters. The molecule has 1 aliphatic heterocycles. The van der Waals surface area contributed by atoms with Crippen LogP contribution in [0.4, 0.5) is 0 Å². The second-order valence-electron chi connectivity index (χ2n) is 5.87. The van der Waals surface area contributed by atoms with Gasteiger partial charge in [-0.15, -0.1) is 0 Å². The van der Waals surface area contributed by atoms with Crippen molar-refractivity contribution in [2.75, 3.05) is 19.8 Å². The normalized spacial score (nSPS) is 32.9. The third-order valence-corrected chi connectivity index (χ3v) is 3.66. The van der Waals surface area contributed by atoms with Crippen LogP contribution in [-0.2, 0) is 19.0 Å². The van der Waals surface area contributed by atoms with Crippen molar-refractivity contribution in [2.24, 2.45) is 5.92 Å². The monoisotopic (exact) mass is 271 g/mol. The number of carbonyl (C=O) groups excluding carboxylic acids is 1. The molecule has 1 heterocycles. The summed E-state index contributed by atoms with van der Waals surface area (Å²) in [7, 11) is 0. The Morgan fingerprint density at radius 2 is 2.16 bits per heavy atom. The number of carbonyl (C=O) groups is 1. The number of rotatable bonds is 6. The largest absolute Gasteiger partial charge is 0.378 e. The highest BCUT2D eigenvalue weighted by Crippen LogP contribution is 2.32. The van der Waals surface area contributed by atoms with Crippen LogP contribution >= 0.6 is 0 Å². The van der Waals surface area contributed by atoms with Gasteiger partial charge in [0, 0.05) is 19.6 Å². The molecule has 0 aromatic heterocycles. The van der Waals surface area contributed by atoms with Gasteiger partial charge in [0.05, 0.1) is 12.7 Å². The summed E-state index contributed by atoms with van der Waals surface area (Å²) in [6, 6.07) is 0. The fourth-order valence-corrected chi connectivity index (χ4v) is 2.64. The molecular formula is C14H25NO4. The van der Waals surface area contributed by atoms with Crippen LogP contribution in [0.15, 0.2) is 0 Å². The minimum Gasteiger partial charge on any atom is -0.378 e. The minimum absolute atomic E-state index is 0.0310. The Kier molecular flexibility index (Phi) is 4.81. The summed E-state index contributed by atoms with van der Waals surface area (Å²) in [5, 5.41) is 2.92. The van der Waals surface area contributed by atoms with Crippen LogP contribution in [0.3, 0.4) is 0 Å². The smallest absolute Gasteiger partial charge is 0.220 e. The van der Waals surface area contributed by atoms with Crippen LogP contribution in [-0.4, -0.2) is 43.7 Å². The Labute approximate surface area is 115 Å². The van der Waals surface area contributed by atoms with Gasteiger partial charge in [0.1, 0.15) is 6.10 Å². The van der Waals surface area contributed by atoms with E-state index in [4.69, 9.17) is 14.2 Å². The summed E-state index contributed by atoms with van der Waals surface area (Å²) in [5.41, 5.74) is 0. The minimum atomic E-state index is -0.520. The third-order valence-electron chi connectivity index (χ3n) is 3.66. The number of nitrogens with one attached hydrogen (secondary N) is 1. The molecule has 2 rings (SSSR count). The predicted molar refractivity (Wildman–Crippen MR) is 70.7 cm³/mol. The molecule has 5 nitrogen and oxygen atoms in total. The molecule has 1 unspecified atom stereocenters. The van der Waals surface area contributed by atoms with Crippen molar-refractivity contribution < 1.29 is 19.0 Å². The molecule has 0 aromatic rings. The summed E-state index contributed by atoms with van der Waals surface area (Å²) < 4.78 is 16.6. The zero-order valence-corrected chi connectivity index (χ0v) is 12.1. The van der Waals surface area contributed by atoms with Crippen molar-refractivity contribution in [1.29, 1.82) is 0 Å². The Hall–Kier alpha value is -0.650. The fraction of sp³-hybridized carbons (Fsp3) is 0.929. The van der Waals surface area contributed by atoms with Crippen molar-refractivity contribution in [2.45, 2.75) is 58.0 Å². The van der Waals surface area contributed by atoms with Gasteiger partial charge in [-0.3, -0.25) is 4.79 Å². The van der Waals surface area contributed by atoms with Crippen LogP contribution in [0.1, 0.15) is 40.0 Å². The van der Waals surface area contributed by atoms with E-state index >= 15 is 0 Å². The van der Waals surface area contributed by atoms with Gasteiger partial charge in [-0.2, -0.15) is 0 Å². The molecule has 0 radical (unpaired) electrons. The van der Waals surface area contributed by atoms with E-state index in [1.54, 1.807) is 0 Å². The average molecular weight is 271 g/mol. The molecule has 1 saturated heterocycles. The first kappa shape index (κ1) is 14.8. The summed E-state index contributed by atoms with van der Waals surface area (Å²) >= 11 is 0. The lowest BCUT2D eigenvalue weighted by molar-refractivity contribution is -0.139. The van der Waals surface area contributed by atoms with Gasteiger partial charge in [-0.1, -0.05) is 0 Å². The SMILES string of the molecule is CCOC1CC(CC(=O)NCC2COC(C)(C)O2)C1. The summed E-state index contributed by atoms with van der Waals surface area (Å²) in [6.07, 6.45) is 2.96. The van der Waals surface area contributed by atoms with E-state index in [0.717, 1.165) is 19.4 Å². The highest BCUT2D eigenvalue weighted by molar-refractivity contribution is 5.76. The van der Waals surface area contributed by atoms with Gasteiger partial charge in [-0.05, 0) is 39.5 Å². The molecule has 110 valence electrons. The van der Waals surface area contributed by atoms with Gasteiger partial charge in [0.15, 0.2) is 5.79 Å². The van der Waals surface area contributed by atoms with E-state index in [1.165, 1.54) is 0 Å². The van der Waals surface area contributed by atoms with Crippen LogP contribution in [0.5, 0.6) is 0 Å². The van der Waals surface area contributed by atoms with E-state index in [0.29, 0.717) is 31.6 Å². The van der Waals surface area contributed by atoms with Gasteiger partial charge >= 0.3 is 0 Å². The average Bonchev–Trinajstić information content (AvgIpc) is 2.64. The molecule has 1 N–H and O–H groups in total. The molecule has 19 heavy (non-hydrogen) atoms. The second-order valence-corrected chi connectivity index (χ2v) is 5.87. The standard InChI is InChI=1S/C14H25NO4/c1-4-17-11-5-10(6-11)7-13(16)15-8-12-9-18-14(2,3)19-12/h10-12H,4-9H2,1-3H3,(H,15,16). The Bertz CT molecular complexity index is 313. The Morgan fingerprint density at radius 3 is 2.74 bits per heavy atom. The van der Waals surface area contributed by atoms with E-state index in [2.05, 4.69) is 5.32 Å². The first-order valence-electron chi connectivity index (χ1n) is 7.18. The summed E-state index contributed by atoms with van der Waals surface area (Å²) in [5.74, 6) is 0.0654. The van der Waals surface area contributed by atoms with E-state index < -0.39 is 5.79 Å². The number of hydrogen-bond acceptors (Lipinski definition) is 4. The van der Waals surface area contributed by atoms with Crippen molar-refractivity contribution in [3.63, 3.8) is 0 Å². The van der Waals surface area contributed by atoms with Crippen molar-refractivity contribution in [3.05, 3.63) is 0 Å². The summed E-state index contributed by atoms with van der Waals surface area (Å²) in [4.78, 5) is 11.8. The van der Waals surface area contributed by atoms with Crippen LogP contribution in [0, 0.1) is 5.92 Å². The highest BCUT2D eigenvalue weighted by Gasteiger charge is 2.34. The maximum absolute atomic E-state index is 11.8. The fourth-order valence-electron chi connectivity index (χ4n) is 2.64. The molecule has 1 saturated carbocycles. The maximum atomic E-state index is 11.8. The molecule has 1 amide bonds. The lowest BCUT2D eigenvalue weighted by Crippen LogP contribution is -2.38. The maximum Gasteiger partial charge on any atom is 0.220 e. The predicted octanol–water partition coefficient (Wildman–Crippen LogP) is 1.46. The Morgan fingerprint density at radius 1 is 1.42 bits per heavy atom. The van der Waals surface area contributed by atoms with Crippen LogP contribution in [0.2, 0.25) is 0 Å². The van der Waals surface area contributed by atoms with Gasteiger partial charge in [0.25, 0.3) is 0 Å². The van der Waals surface area contributed by atoms with E-state index in [9.17, 15) is 4.79 Å².